The van der Waals surface area contributed by atoms with E-state index in [1.165, 1.54) is 0 Å². The van der Waals surface area contributed by atoms with Gasteiger partial charge in [0.05, 0.1) is 10.9 Å². The Balaban J connectivity index is 1.45. The molecule has 0 radical (unpaired) electrons. The first-order valence-corrected chi connectivity index (χ1v) is 9.08. The minimum Gasteiger partial charge on any atom is -0.492 e. The third-order valence-electron chi connectivity index (χ3n) is 4.76. The summed E-state index contributed by atoms with van der Waals surface area (Å²) in [4.78, 5) is 19.4. The quantitative estimate of drug-likeness (QED) is 0.851. The number of hydrogen-bond donors (Lipinski definition) is 0. The molecular formula is C18H20N2O2S. The predicted molar refractivity (Wildman–Crippen MR) is 89.8 cm³/mol. The molecule has 0 saturated carbocycles. The molecule has 1 fully saturated rings. The number of para-hydroxylation sites is 1. The number of benzene rings is 1. The lowest BCUT2D eigenvalue weighted by Crippen LogP contribution is -2.45. The maximum absolute atomic E-state index is 12.9. The summed E-state index contributed by atoms with van der Waals surface area (Å²) in [6, 6.07) is 8.03. The van der Waals surface area contributed by atoms with E-state index >= 15 is 0 Å². The van der Waals surface area contributed by atoms with Gasteiger partial charge in [-0.15, -0.1) is 11.3 Å². The highest BCUT2D eigenvalue weighted by atomic mass is 32.1. The first kappa shape index (κ1) is 14.7. The Hall–Kier alpha value is -1.88. The third kappa shape index (κ3) is 2.98. The minimum atomic E-state index is -0.0556. The standard InChI is InChI=1S/C18H20N2O2S/c21-18(15-10-13-4-1-2-6-16(13)22-12-15)20-8-3-5-14(11-20)17-19-7-9-23-17/h1-2,4,6-7,9,14-15H,3,5,8,10-12H2/t14-,15-/m0/s1. The highest BCUT2D eigenvalue weighted by Gasteiger charge is 2.33. The van der Waals surface area contributed by atoms with E-state index in [0.717, 1.165) is 48.7 Å². The normalized spacial score (nSPS) is 23.9. The molecule has 120 valence electrons. The Bertz CT molecular complexity index is 686. The van der Waals surface area contributed by atoms with E-state index in [0.29, 0.717) is 12.5 Å². The van der Waals surface area contributed by atoms with Gasteiger partial charge in [0.2, 0.25) is 5.91 Å². The lowest BCUT2D eigenvalue weighted by atomic mass is 9.93. The second-order valence-corrected chi connectivity index (χ2v) is 7.24. The van der Waals surface area contributed by atoms with Crippen LogP contribution in [0.4, 0.5) is 0 Å². The average molecular weight is 328 g/mol. The van der Waals surface area contributed by atoms with Crippen LogP contribution >= 0.6 is 11.3 Å². The van der Waals surface area contributed by atoms with Gasteiger partial charge in [0, 0.05) is 30.6 Å². The number of aromatic nitrogens is 1. The van der Waals surface area contributed by atoms with Gasteiger partial charge in [0.15, 0.2) is 0 Å². The van der Waals surface area contributed by atoms with E-state index < -0.39 is 0 Å². The van der Waals surface area contributed by atoms with Crippen molar-refractivity contribution in [2.45, 2.75) is 25.2 Å². The number of carbonyl (C=O) groups is 1. The van der Waals surface area contributed by atoms with Crippen molar-refractivity contribution < 1.29 is 9.53 Å². The Labute approximate surface area is 140 Å². The molecule has 5 heteroatoms. The number of rotatable bonds is 2. The van der Waals surface area contributed by atoms with Gasteiger partial charge in [-0.1, -0.05) is 18.2 Å². The molecule has 1 aromatic heterocycles. The van der Waals surface area contributed by atoms with Crippen LogP contribution in [0.5, 0.6) is 5.75 Å². The second-order valence-electron chi connectivity index (χ2n) is 6.31. The van der Waals surface area contributed by atoms with Gasteiger partial charge >= 0.3 is 0 Å². The molecule has 1 aromatic carbocycles. The summed E-state index contributed by atoms with van der Waals surface area (Å²) in [7, 11) is 0. The van der Waals surface area contributed by atoms with Gasteiger partial charge in [-0.25, -0.2) is 4.98 Å². The summed E-state index contributed by atoms with van der Waals surface area (Å²) in [6.07, 6.45) is 4.82. The third-order valence-corrected chi connectivity index (χ3v) is 5.70. The van der Waals surface area contributed by atoms with E-state index in [-0.39, 0.29) is 11.8 Å². The van der Waals surface area contributed by atoms with Gasteiger partial charge < -0.3 is 9.64 Å². The number of carbonyl (C=O) groups excluding carboxylic acids is 1. The van der Waals surface area contributed by atoms with Crippen molar-refractivity contribution in [3.8, 4) is 5.75 Å². The van der Waals surface area contributed by atoms with Crippen molar-refractivity contribution in [2.24, 2.45) is 5.92 Å². The van der Waals surface area contributed by atoms with Crippen LogP contribution < -0.4 is 4.74 Å². The maximum atomic E-state index is 12.9. The zero-order valence-corrected chi connectivity index (χ0v) is 13.8. The van der Waals surface area contributed by atoms with Crippen LogP contribution in [0, 0.1) is 5.92 Å². The fourth-order valence-electron chi connectivity index (χ4n) is 3.56. The maximum Gasteiger partial charge on any atom is 0.229 e. The Kier molecular flexibility index (Phi) is 4.04. The van der Waals surface area contributed by atoms with Gasteiger partial charge in [-0.05, 0) is 30.9 Å². The van der Waals surface area contributed by atoms with E-state index in [1.54, 1.807) is 11.3 Å². The van der Waals surface area contributed by atoms with Gasteiger partial charge in [-0.2, -0.15) is 0 Å². The molecule has 2 aliphatic rings. The van der Waals surface area contributed by atoms with E-state index in [9.17, 15) is 4.79 Å². The van der Waals surface area contributed by atoms with Gasteiger partial charge in [0.1, 0.15) is 12.4 Å². The number of nitrogens with zero attached hydrogens (tertiary/aromatic N) is 2. The number of thiazole rings is 1. The Morgan fingerprint density at radius 3 is 3.13 bits per heavy atom. The summed E-state index contributed by atoms with van der Waals surface area (Å²) in [5, 5.41) is 3.18. The first-order valence-electron chi connectivity index (χ1n) is 8.20. The molecule has 1 amide bonds. The number of amides is 1. The molecular weight excluding hydrogens is 308 g/mol. The molecule has 2 aliphatic heterocycles. The first-order chi connectivity index (χ1) is 11.3. The molecule has 1 saturated heterocycles. The van der Waals surface area contributed by atoms with Crippen molar-refractivity contribution in [1.82, 2.24) is 9.88 Å². The SMILES string of the molecule is O=C([C@@H]1COc2ccccc2C1)N1CCC[C@H](c2nccs2)C1. The number of piperidine rings is 1. The number of likely N-dealkylation sites (tertiary alicyclic amines) is 1. The molecule has 2 aromatic rings. The van der Waals surface area contributed by atoms with Crippen LogP contribution in [-0.4, -0.2) is 35.5 Å². The fourth-order valence-corrected chi connectivity index (χ4v) is 4.33. The predicted octanol–water partition coefficient (Wildman–Crippen LogP) is 3.10. The fraction of sp³-hybridized carbons (Fsp3) is 0.444. The van der Waals surface area contributed by atoms with Crippen molar-refractivity contribution in [3.63, 3.8) is 0 Å². The second kappa shape index (κ2) is 6.32. The lowest BCUT2D eigenvalue weighted by Gasteiger charge is -2.35. The monoisotopic (exact) mass is 328 g/mol. The van der Waals surface area contributed by atoms with Gasteiger partial charge in [0.25, 0.3) is 0 Å². The van der Waals surface area contributed by atoms with Crippen molar-refractivity contribution in [1.29, 1.82) is 0 Å². The zero-order valence-electron chi connectivity index (χ0n) is 13.0. The Morgan fingerprint density at radius 2 is 2.26 bits per heavy atom. The number of ether oxygens (including phenoxy) is 1. The summed E-state index contributed by atoms with van der Waals surface area (Å²) in [6.45, 7) is 2.15. The van der Waals surface area contributed by atoms with Crippen molar-refractivity contribution >= 4 is 17.2 Å². The molecule has 0 bridgehead atoms. The van der Waals surface area contributed by atoms with Crippen LogP contribution in [0.15, 0.2) is 35.8 Å². The molecule has 4 nitrogen and oxygen atoms in total. The summed E-state index contributed by atoms with van der Waals surface area (Å²) in [5.74, 6) is 1.50. The minimum absolute atomic E-state index is 0.0556. The summed E-state index contributed by atoms with van der Waals surface area (Å²) < 4.78 is 5.79. The molecule has 4 rings (SSSR count). The van der Waals surface area contributed by atoms with Crippen LogP contribution in [0.25, 0.3) is 0 Å². The molecule has 0 unspecified atom stereocenters. The Morgan fingerprint density at radius 1 is 1.35 bits per heavy atom. The molecule has 2 atom stereocenters. The summed E-state index contributed by atoms with van der Waals surface area (Å²) >= 11 is 1.70. The average Bonchev–Trinajstić information content (AvgIpc) is 3.15. The zero-order chi connectivity index (χ0) is 15.6. The molecule has 0 aliphatic carbocycles. The molecule has 0 spiro atoms. The molecule has 23 heavy (non-hydrogen) atoms. The van der Waals surface area contributed by atoms with Crippen LogP contribution in [0.1, 0.15) is 29.3 Å². The van der Waals surface area contributed by atoms with Crippen LogP contribution in [0.2, 0.25) is 0 Å². The smallest absolute Gasteiger partial charge is 0.229 e. The molecule has 0 N–H and O–H groups in total. The van der Waals surface area contributed by atoms with Crippen molar-refractivity contribution in [2.75, 3.05) is 19.7 Å². The van der Waals surface area contributed by atoms with Crippen LogP contribution in [-0.2, 0) is 11.2 Å². The highest BCUT2D eigenvalue weighted by Crippen LogP contribution is 2.31. The molecule has 3 heterocycles. The van der Waals surface area contributed by atoms with Crippen LogP contribution in [0.3, 0.4) is 0 Å². The van der Waals surface area contributed by atoms with E-state index in [1.807, 2.05) is 34.7 Å². The van der Waals surface area contributed by atoms with Crippen molar-refractivity contribution in [3.05, 3.63) is 46.4 Å². The van der Waals surface area contributed by atoms with E-state index in [2.05, 4.69) is 11.1 Å². The number of fused-ring (bicyclic) bond motifs is 1. The number of hydrogen-bond acceptors (Lipinski definition) is 4. The van der Waals surface area contributed by atoms with Gasteiger partial charge in [-0.3, -0.25) is 4.79 Å². The topological polar surface area (TPSA) is 42.4 Å². The highest BCUT2D eigenvalue weighted by molar-refractivity contribution is 7.09. The summed E-state index contributed by atoms with van der Waals surface area (Å²) in [5.41, 5.74) is 1.14. The lowest BCUT2D eigenvalue weighted by molar-refractivity contribution is -0.138. The largest absolute Gasteiger partial charge is 0.492 e. The van der Waals surface area contributed by atoms with E-state index in [4.69, 9.17) is 4.74 Å².